The molecular weight excluding hydrogens is 266 g/mol. The minimum atomic E-state index is 0.101. The van der Waals surface area contributed by atoms with Gasteiger partial charge in [-0.25, -0.2) is 0 Å². The maximum Gasteiger partial charge on any atom is 0.191 e. The Balaban J connectivity index is 2.00. The van der Waals surface area contributed by atoms with Gasteiger partial charge in [-0.3, -0.25) is 4.79 Å². The van der Waals surface area contributed by atoms with E-state index in [2.05, 4.69) is 6.07 Å². The van der Waals surface area contributed by atoms with Crippen molar-refractivity contribution < 1.29 is 0 Å². The van der Waals surface area contributed by atoms with Crippen molar-refractivity contribution in [3.63, 3.8) is 0 Å². The van der Waals surface area contributed by atoms with Crippen LogP contribution in [-0.4, -0.2) is 0 Å². The molecule has 0 N–H and O–H groups in total. The lowest BCUT2D eigenvalue weighted by molar-refractivity contribution is 1.19. The first-order chi connectivity index (χ1) is 9.78. The molecule has 0 saturated heterocycles. The molecule has 3 rings (SSSR count). The molecule has 0 spiro atoms. The summed E-state index contributed by atoms with van der Waals surface area (Å²) >= 11 is 1.59. The van der Waals surface area contributed by atoms with E-state index in [0.29, 0.717) is 12.0 Å². The van der Waals surface area contributed by atoms with Crippen molar-refractivity contribution in [1.29, 1.82) is 5.26 Å². The highest BCUT2D eigenvalue weighted by Gasteiger charge is 2.06. The van der Waals surface area contributed by atoms with Crippen LogP contribution in [0, 0.1) is 11.3 Å². The molecule has 0 amide bonds. The fourth-order valence-corrected chi connectivity index (χ4v) is 3.06. The van der Waals surface area contributed by atoms with Crippen LogP contribution in [0.2, 0.25) is 0 Å². The number of rotatable bonds is 2. The second-order valence-electron chi connectivity index (χ2n) is 4.57. The van der Waals surface area contributed by atoms with Crippen molar-refractivity contribution in [1.82, 2.24) is 0 Å². The van der Waals surface area contributed by atoms with Crippen molar-refractivity contribution in [2.75, 3.05) is 0 Å². The van der Waals surface area contributed by atoms with E-state index in [4.69, 9.17) is 5.26 Å². The van der Waals surface area contributed by atoms with E-state index in [0.717, 1.165) is 21.2 Å². The molecule has 2 nitrogen and oxygen atoms in total. The molecule has 0 saturated carbocycles. The van der Waals surface area contributed by atoms with Crippen molar-refractivity contribution in [3.05, 3.63) is 80.8 Å². The van der Waals surface area contributed by atoms with Gasteiger partial charge in [-0.15, -0.1) is 11.3 Å². The van der Waals surface area contributed by atoms with Crippen molar-refractivity contribution in [3.8, 4) is 6.07 Å². The summed E-state index contributed by atoms with van der Waals surface area (Å²) in [6, 6.07) is 17.1. The molecule has 0 fully saturated rings. The lowest BCUT2D eigenvalue weighted by Gasteiger charge is -2.03. The van der Waals surface area contributed by atoms with Crippen LogP contribution in [0.15, 0.2) is 58.7 Å². The first kappa shape index (κ1) is 12.6. The zero-order chi connectivity index (χ0) is 13.9. The van der Waals surface area contributed by atoms with Gasteiger partial charge in [-0.1, -0.05) is 24.3 Å². The molecule has 3 aromatic rings. The van der Waals surface area contributed by atoms with Crippen LogP contribution in [0.1, 0.15) is 16.7 Å². The van der Waals surface area contributed by atoms with Gasteiger partial charge in [0.2, 0.25) is 0 Å². The van der Waals surface area contributed by atoms with Crippen LogP contribution in [0.25, 0.3) is 10.1 Å². The Morgan fingerprint density at radius 2 is 1.80 bits per heavy atom. The molecule has 0 aliphatic carbocycles. The quantitative estimate of drug-likeness (QED) is 0.716. The molecule has 0 unspecified atom stereocenters. The van der Waals surface area contributed by atoms with Gasteiger partial charge in [0.25, 0.3) is 0 Å². The lowest BCUT2D eigenvalue weighted by atomic mass is 10.0. The monoisotopic (exact) mass is 277 g/mol. The van der Waals surface area contributed by atoms with Crippen LogP contribution >= 0.6 is 11.3 Å². The first-order valence-corrected chi connectivity index (χ1v) is 7.14. The number of hydrogen-bond acceptors (Lipinski definition) is 3. The van der Waals surface area contributed by atoms with Gasteiger partial charge in [0.15, 0.2) is 5.43 Å². The van der Waals surface area contributed by atoms with E-state index in [1.807, 2.05) is 41.8 Å². The average Bonchev–Trinajstić information content (AvgIpc) is 2.51. The molecule has 2 aromatic carbocycles. The lowest BCUT2D eigenvalue weighted by Crippen LogP contribution is -2.08. The number of fused-ring (bicyclic) bond motifs is 1. The van der Waals surface area contributed by atoms with Crippen LogP contribution in [0.3, 0.4) is 0 Å². The van der Waals surface area contributed by atoms with Crippen molar-refractivity contribution >= 4 is 21.4 Å². The highest BCUT2D eigenvalue weighted by Crippen LogP contribution is 2.18. The molecule has 0 bridgehead atoms. The molecule has 1 aromatic heterocycles. The number of nitrogens with zero attached hydrogens (tertiary/aromatic N) is 1. The second kappa shape index (κ2) is 5.28. The maximum atomic E-state index is 12.4. The third kappa shape index (κ3) is 2.34. The van der Waals surface area contributed by atoms with E-state index >= 15 is 0 Å². The Labute approximate surface area is 120 Å². The summed E-state index contributed by atoms with van der Waals surface area (Å²) in [6.07, 6.45) is 0.603. The van der Waals surface area contributed by atoms with Gasteiger partial charge >= 0.3 is 0 Å². The van der Waals surface area contributed by atoms with Crippen molar-refractivity contribution in [2.24, 2.45) is 0 Å². The Morgan fingerprint density at radius 3 is 2.55 bits per heavy atom. The summed E-state index contributed by atoms with van der Waals surface area (Å²) in [7, 11) is 0. The molecule has 0 radical (unpaired) electrons. The average molecular weight is 277 g/mol. The van der Waals surface area contributed by atoms with E-state index in [1.54, 1.807) is 23.5 Å². The second-order valence-corrected chi connectivity index (χ2v) is 5.48. The fourth-order valence-electron chi connectivity index (χ4n) is 2.16. The van der Waals surface area contributed by atoms with Gasteiger partial charge in [0, 0.05) is 22.1 Å². The van der Waals surface area contributed by atoms with Gasteiger partial charge in [0.1, 0.15) is 0 Å². The highest BCUT2D eigenvalue weighted by molar-refractivity contribution is 7.16. The van der Waals surface area contributed by atoms with Gasteiger partial charge in [-0.05, 0) is 35.2 Å². The SMILES string of the molecule is N#Cc1ccc(Cc2csc3ccccc3c2=O)cc1. The first-order valence-electron chi connectivity index (χ1n) is 6.26. The zero-order valence-corrected chi connectivity index (χ0v) is 11.5. The maximum absolute atomic E-state index is 12.4. The third-order valence-corrected chi connectivity index (χ3v) is 4.24. The largest absolute Gasteiger partial charge is 0.289 e. The van der Waals surface area contributed by atoms with Crippen LogP contribution in [-0.2, 0) is 6.42 Å². The summed E-state index contributed by atoms with van der Waals surface area (Å²) in [4.78, 5) is 12.4. The summed E-state index contributed by atoms with van der Waals surface area (Å²) < 4.78 is 1.01. The number of hydrogen-bond donors (Lipinski definition) is 0. The molecule has 1 heterocycles. The standard InChI is InChI=1S/C17H11NOS/c18-10-13-7-5-12(6-8-13)9-14-11-20-16-4-2-1-3-15(16)17(14)19/h1-8,11H,9H2. The Kier molecular flexibility index (Phi) is 3.32. The molecule has 0 atom stereocenters. The number of benzene rings is 2. The molecule has 96 valence electrons. The molecular formula is C17H11NOS. The molecule has 0 aliphatic heterocycles. The number of nitriles is 1. The predicted octanol–water partition coefficient (Wildman–Crippen LogP) is 3.72. The summed E-state index contributed by atoms with van der Waals surface area (Å²) in [5.74, 6) is 0. The predicted molar refractivity (Wildman–Crippen MR) is 82.1 cm³/mol. The summed E-state index contributed by atoms with van der Waals surface area (Å²) in [6.45, 7) is 0. The van der Waals surface area contributed by atoms with E-state index in [-0.39, 0.29) is 5.43 Å². The van der Waals surface area contributed by atoms with Gasteiger partial charge in [0.05, 0.1) is 11.6 Å². The minimum Gasteiger partial charge on any atom is -0.289 e. The Bertz CT molecular complexity index is 857. The molecule has 20 heavy (non-hydrogen) atoms. The van der Waals surface area contributed by atoms with E-state index < -0.39 is 0 Å². The van der Waals surface area contributed by atoms with Crippen LogP contribution < -0.4 is 5.43 Å². The van der Waals surface area contributed by atoms with E-state index in [1.165, 1.54) is 0 Å². The Morgan fingerprint density at radius 1 is 1.05 bits per heavy atom. The normalized spacial score (nSPS) is 10.3. The van der Waals surface area contributed by atoms with Crippen LogP contribution in [0.5, 0.6) is 0 Å². The Hall–Kier alpha value is -2.44. The highest BCUT2D eigenvalue weighted by atomic mass is 32.1. The fraction of sp³-hybridized carbons (Fsp3) is 0.0588. The summed E-state index contributed by atoms with van der Waals surface area (Å²) in [5, 5.41) is 11.5. The van der Waals surface area contributed by atoms with Gasteiger partial charge in [-0.2, -0.15) is 5.26 Å². The van der Waals surface area contributed by atoms with Gasteiger partial charge < -0.3 is 0 Å². The zero-order valence-electron chi connectivity index (χ0n) is 10.7. The molecule has 3 heteroatoms. The van der Waals surface area contributed by atoms with Crippen LogP contribution in [0.4, 0.5) is 0 Å². The van der Waals surface area contributed by atoms with Crippen molar-refractivity contribution in [2.45, 2.75) is 6.42 Å². The smallest absolute Gasteiger partial charge is 0.191 e. The summed E-state index contributed by atoms with van der Waals surface area (Å²) in [5.41, 5.74) is 2.59. The topological polar surface area (TPSA) is 40.9 Å². The molecule has 0 aliphatic rings. The minimum absolute atomic E-state index is 0.101. The van der Waals surface area contributed by atoms with E-state index in [9.17, 15) is 4.79 Å². The third-order valence-electron chi connectivity index (χ3n) is 3.23.